The fourth-order valence-corrected chi connectivity index (χ4v) is 9.69. The van der Waals surface area contributed by atoms with Crippen LogP contribution in [0.3, 0.4) is 0 Å². The van der Waals surface area contributed by atoms with Crippen LogP contribution in [0.5, 0.6) is 0 Å². The Morgan fingerprint density at radius 1 is 0.434 bits per heavy atom. The molecule has 3 aromatic heterocycles. The first kappa shape index (κ1) is 34.7. The number of rotatable bonds is 3. The summed E-state index contributed by atoms with van der Waals surface area (Å²) >= 11 is 0. The van der Waals surface area contributed by atoms with Crippen molar-refractivity contribution in [3.8, 4) is 45.6 Å². The van der Waals surface area contributed by atoms with E-state index < -0.39 is 67.1 Å². The topological polar surface area (TPSA) is 281 Å². The Bertz CT molecular complexity index is 3300. The standard InChI is InChI=1S/C32H18N8O9S3.Ir/c41-50(42,43)21-13-20-22(24(52(47,48)49)23(21)51(44,45)46)32-39-30-19-12-6-5-11-18(19)28(37-30)35-26-15-8-2-1-7-14(15)25(33-26)34-27-16-9-3-4-10-17(16)29(36-27)38-31(20)40-32;/h1-13H,(H,41,42,43)(H,44,45,46)(H,47,48,49)(H2,33,34,35,36,37,38,39,40);/q;+3/p-3. The van der Waals surface area contributed by atoms with E-state index in [0.29, 0.717) is 50.4 Å². The van der Waals surface area contributed by atoms with Crippen LogP contribution in [0.15, 0.2) is 93.5 Å². The third-order valence-electron chi connectivity index (χ3n) is 8.49. The van der Waals surface area contributed by atoms with Gasteiger partial charge >= 0.3 is 20.1 Å². The fourth-order valence-electron chi connectivity index (χ4n) is 6.38. The number of aromatic amines is 2. The van der Waals surface area contributed by atoms with Crippen LogP contribution >= 0.6 is 0 Å². The maximum Gasteiger partial charge on any atom is 3.00 e. The van der Waals surface area contributed by atoms with Gasteiger partial charge in [-0.25, -0.2) is 55.2 Å². The Hall–Kier alpha value is -5.38. The molecule has 0 amide bonds. The van der Waals surface area contributed by atoms with Crippen LogP contribution in [0.25, 0.3) is 89.7 Å². The van der Waals surface area contributed by atoms with Crippen molar-refractivity contribution in [2.45, 2.75) is 14.7 Å². The van der Waals surface area contributed by atoms with Crippen molar-refractivity contribution in [2.24, 2.45) is 0 Å². The molecule has 0 unspecified atom stereocenters. The molecule has 0 saturated carbocycles. The minimum absolute atomic E-state index is 0. The molecule has 9 rings (SSSR count). The average Bonchev–Trinajstić information content (AvgIpc) is 3.82. The second-order valence-corrected chi connectivity index (χ2v) is 15.5. The summed E-state index contributed by atoms with van der Waals surface area (Å²) in [7, 11) is -18.1. The first-order valence-corrected chi connectivity index (χ1v) is 19.1. The quantitative estimate of drug-likeness (QED) is 0.240. The Labute approximate surface area is 310 Å². The predicted octanol–water partition coefficient (Wildman–Crippen LogP) is 3.58. The van der Waals surface area contributed by atoms with Gasteiger partial charge in [0.15, 0.2) is 23.3 Å². The molecular formula is C32H15IrN8O9S3. The molecule has 53 heavy (non-hydrogen) atoms. The molecular weight excluding hydrogens is 929 g/mol. The van der Waals surface area contributed by atoms with Crippen LogP contribution in [0.2, 0.25) is 0 Å². The summed E-state index contributed by atoms with van der Waals surface area (Å²) in [6.45, 7) is 0. The Balaban J connectivity index is 0.00000400. The number of nitrogens with zero attached hydrogens (tertiary/aromatic N) is 6. The molecule has 264 valence electrons. The molecule has 7 aromatic rings. The van der Waals surface area contributed by atoms with E-state index in [9.17, 15) is 38.9 Å². The number of hydrogen-bond donors (Lipinski definition) is 2. The van der Waals surface area contributed by atoms with Gasteiger partial charge in [0.05, 0.1) is 14.7 Å². The number of H-pyrrole nitrogens is 2. The Morgan fingerprint density at radius 3 is 1.19 bits per heavy atom. The summed E-state index contributed by atoms with van der Waals surface area (Å²) in [5, 5.41) is 0.0200. The van der Waals surface area contributed by atoms with Crippen molar-refractivity contribution in [1.82, 2.24) is 39.9 Å². The van der Waals surface area contributed by atoms with Crippen LogP contribution in [0, 0.1) is 0 Å². The van der Waals surface area contributed by atoms with Gasteiger partial charge in [-0.15, -0.1) is 0 Å². The minimum Gasteiger partial charge on any atom is -0.744 e. The second kappa shape index (κ2) is 11.8. The first-order chi connectivity index (χ1) is 24.7. The minimum atomic E-state index is -6.11. The van der Waals surface area contributed by atoms with Gasteiger partial charge in [0.25, 0.3) is 0 Å². The summed E-state index contributed by atoms with van der Waals surface area (Å²) in [6, 6.07) is 21.3. The van der Waals surface area contributed by atoms with Crippen LogP contribution in [-0.4, -0.2) is 78.8 Å². The first-order valence-electron chi connectivity index (χ1n) is 14.9. The molecule has 0 fully saturated rings. The molecule has 21 heteroatoms. The Morgan fingerprint density at radius 2 is 0.792 bits per heavy atom. The summed E-state index contributed by atoms with van der Waals surface area (Å²) in [5.41, 5.74) is 1.62. The predicted molar refractivity (Wildman–Crippen MR) is 180 cm³/mol. The van der Waals surface area contributed by atoms with Gasteiger partial charge < -0.3 is 23.6 Å². The van der Waals surface area contributed by atoms with Crippen LogP contribution in [0.4, 0.5) is 0 Å². The van der Waals surface area contributed by atoms with Gasteiger partial charge in [0.1, 0.15) is 52.9 Å². The van der Waals surface area contributed by atoms with Gasteiger partial charge in [-0.05, 0) is 6.07 Å². The van der Waals surface area contributed by atoms with Crippen molar-refractivity contribution < 1.29 is 59.0 Å². The van der Waals surface area contributed by atoms with Crippen LogP contribution < -0.4 is 0 Å². The van der Waals surface area contributed by atoms with Crippen molar-refractivity contribution >= 4 is 74.5 Å². The fraction of sp³-hybridized carbons (Fsp3) is 0. The molecule has 2 aliphatic heterocycles. The number of hydrogen-bond acceptors (Lipinski definition) is 15. The third kappa shape index (κ3) is 5.52. The van der Waals surface area contributed by atoms with Gasteiger partial charge in [-0.2, -0.15) is 0 Å². The number of nitrogens with one attached hydrogen (secondary N) is 2. The van der Waals surface area contributed by atoms with E-state index in [1.54, 1.807) is 48.5 Å². The third-order valence-corrected chi connectivity index (χ3v) is 11.4. The molecule has 0 atom stereocenters. The van der Waals surface area contributed by atoms with E-state index in [1.807, 2.05) is 24.3 Å². The smallest absolute Gasteiger partial charge is 0.744 e. The van der Waals surface area contributed by atoms with E-state index in [1.165, 1.54) is 0 Å². The van der Waals surface area contributed by atoms with Crippen molar-refractivity contribution in [2.75, 3.05) is 0 Å². The summed E-state index contributed by atoms with van der Waals surface area (Å²) in [5.74, 6) is 0.205. The summed E-state index contributed by atoms with van der Waals surface area (Å²) < 4.78 is 113. The van der Waals surface area contributed by atoms with Gasteiger partial charge in [0, 0.05) is 43.8 Å². The maximum atomic E-state index is 12.9. The van der Waals surface area contributed by atoms with Gasteiger partial charge in [0.2, 0.25) is 0 Å². The number of aromatic nitrogens is 8. The van der Waals surface area contributed by atoms with Crippen LogP contribution in [0.1, 0.15) is 0 Å². The molecule has 0 aliphatic carbocycles. The Kier molecular flexibility index (Phi) is 7.73. The zero-order chi connectivity index (χ0) is 36.3. The zero-order valence-electron chi connectivity index (χ0n) is 25.9. The van der Waals surface area contributed by atoms with Crippen LogP contribution in [-0.2, 0) is 50.5 Å². The van der Waals surface area contributed by atoms with Crippen molar-refractivity contribution in [3.63, 3.8) is 0 Å². The molecule has 2 aliphatic rings. The average molecular weight is 944 g/mol. The number of fused-ring (bicyclic) bond motifs is 20. The van der Waals surface area contributed by atoms with Crippen molar-refractivity contribution in [1.29, 1.82) is 0 Å². The SMILES string of the molecule is O=S(=O)([O-])c1cc2c3nc4nc(nc5[nH]c(nc6nc(nc([nH]3)c2c(S(=O)(=O)[O-])c1S(=O)(=O)[O-])-c1ccccc1-6)c1ccccc51)-c1ccccc1-4.[Ir+3]. The monoisotopic (exact) mass is 944 g/mol. The molecule has 4 aromatic carbocycles. The molecule has 17 nitrogen and oxygen atoms in total. The second-order valence-electron chi connectivity index (χ2n) is 11.6. The molecule has 0 radical (unpaired) electrons. The summed E-state index contributed by atoms with van der Waals surface area (Å²) in [6.07, 6.45) is 0. The molecule has 5 heterocycles. The van der Waals surface area contributed by atoms with E-state index in [4.69, 9.17) is 9.97 Å². The number of benzene rings is 4. The zero-order valence-corrected chi connectivity index (χ0v) is 30.8. The molecule has 0 saturated heterocycles. The molecule has 2 N–H and O–H groups in total. The van der Waals surface area contributed by atoms with E-state index in [0.717, 1.165) is 0 Å². The maximum absolute atomic E-state index is 12.9. The molecule has 8 bridgehead atoms. The van der Waals surface area contributed by atoms with E-state index >= 15 is 0 Å². The summed E-state index contributed by atoms with van der Waals surface area (Å²) in [4.78, 5) is 28.1. The van der Waals surface area contributed by atoms with Gasteiger partial charge in [-0.3, -0.25) is 0 Å². The van der Waals surface area contributed by atoms with E-state index in [2.05, 4.69) is 29.9 Å². The van der Waals surface area contributed by atoms with E-state index in [-0.39, 0.29) is 43.4 Å². The molecule has 0 spiro atoms. The normalized spacial score (nSPS) is 12.7. The largest absolute Gasteiger partial charge is 3.00 e. The van der Waals surface area contributed by atoms with Gasteiger partial charge in [-0.1, -0.05) is 72.8 Å². The van der Waals surface area contributed by atoms with Crippen molar-refractivity contribution in [3.05, 3.63) is 78.9 Å².